The Balaban J connectivity index is 0.000000153. The summed E-state index contributed by atoms with van der Waals surface area (Å²) in [5, 5.41) is 2.07. The van der Waals surface area contributed by atoms with Gasteiger partial charge in [-0.3, -0.25) is 18.7 Å². The summed E-state index contributed by atoms with van der Waals surface area (Å²) in [5.74, 6) is -0.0245. The summed E-state index contributed by atoms with van der Waals surface area (Å²) in [5.41, 5.74) is -2.91. The molecule has 0 aliphatic heterocycles. The van der Waals surface area contributed by atoms with E-state index in [4.69, 9.17) is 23.2 Å². The van der Waals surface area contributed by atoms with Crippen LogP contribution in [0.3, 0.4) is 0 Å². The van der Waals surface area contributed by atoms with Crippen molar-refractivity contribution in [3.8, 4) is 17.1 Å². The number of thiophene rings is 2. The average Bonchev–Trinajstić information content (AvgIpc) is 3.79. The summed E-state index contributed by atoms with van der Waals surface area (Å²) in [6.45, 7) is 0. The predicted molar refractivity (Wildman–Crippen MR) is 199 cm³/mol. The Bertz CT molecular complexity index is 2960. The Morgan fingerprint density at radius 3 is 1.66 bits per heavy atom. The highest BCUT2D eigenvalue weighted by Crippen LogP contribution is 2.45. The Hall–Kier alpha value is -4.94. The molecule has 0 atom stereocenters. The number of pyridine rings is 2. The lowest BCUT2D eigenvalue weighted by Crippen LogP contribution is -2.28. The van der Waals surface area contributed by atoms with Crippen LogP contribution in [0, 0.1) is 0 Å². The van der Waals surface area contributed by atoms with Crippen LogP contribution in [0.1, 0.15) is 24.3 Å². The van der Waals surface area contributed by atoms with Gasteiger partial charge in [-0.1, -0.05) is 23.2 Å². The first kappa shape index (κ1) is 35.1. The zero-order chi connectivity index (χ0) is 37.2. The number of alkyl halides is 3. The first-order chi connectivity index (χ1) is 25.3. The zero-order valence-corrected chi connectivity index (χ0v) is 30.4. The van der Waals surface area contributed by atoms with Crippen LogP contribution in [0.2, 0.25) is 10.0 Å². The van der Waals surface area contributed by atoms with Crippen molar-refractivity contribution >= 4 is 96.9 Å². The highest BCUT2D eigenvalue weighted by Gasteiger charge is 2.49. The van der Waals surface area contributed by atoms with Crippen LogP contribution in [-0.2, 0) is 10.1 Å². The fourth-order valence-corrected chi connectivity index (χ4v) is 8.47. The molecule has 1 fully saturated rings. The van der Waals surface area contributed by atoms with E-state index in [0.717, 1.165) is 45.0 Å². The maximum atomic E-state index is 13.0. The van der Waals surface area contributed by atoms with E-state index in [2.05, 4.69) is 30.2 Å². The molecule has 1 saturated carbocycles. The molecule has 6 heterocycles. The largest absolute Gasteiger partial charge is 0.534 e. The number of aromatic nitrogens is 6. The van der Waals surface area contributed by atoms with E-state index >= 15 is 0 Å². The van der Waals surface area contributed by atoms with Crippen LogP contribution in [-0.4, -0.2) is 43.0 Å². The van der Waals surface area contributed by atoms with Crippen LogP contribution in [0.5, 0.6) is 5.75 Å². The van der Waals surface area contributed by atoms with Gasteiger partial charge in [-0.15, -0.1) is 22.7 Å². The molecule has 0 N–H and O–H groups in total. The van der Waals surface area contributed by atoms with Crippen molar-refractivity contribution in [3.05, 3.63) is 122 Å². The molecule has 1 aliphatic rings. The molecule has 0 unspecified atom stereocenters. The minimum Gasteiger partial charge on any atom is -0.375 e. The summed E-state index contributed by atoms with van der Waals surface area (Å²) >= 11 is 14.1. The number of rotatable bonds is 5. The number of hydrogen-bond donors (Lipinski definition) is 0. The monoisotopic (exact) mass is 814 g/mol. The van der Waals surface area contributed by atoms with Gasteiger partial charge >= 0.3 is 15.6 Å². The van der Waals surface area contributed by atoms with Gasteiger partial charge in [0.2, 0.25) is 0 Å². The van der Waals surface area contributed by atoms with E-state index in [0.29, 0.717) is 26.4 Å². The second kappa shape index (κ2) is 13.2. The quantitative estimate of drug-likeness (QED) is 0.124. The normalized spacial score (nSPS) is 13.5. The molecule has 268 valence electrons. The Morgan fingerprint density at radius 1 is 0.698 bits per heavy atom. The summed E-state index contributed by atoms with van der Waals surface area (Å²) < 4.78 is 68.6. The molecule has 0 saturated heterocycles. The Kier molecular flexibility index (Phi) is 8.73. The topological polar surface area (TPSA) is 139 Å². The lowest BCUT2D eigenvalue weighted by molar-refractivity contribution is -0.0499. The number of hydrogen-bond acceptors (Lipinski definition) is 11. The average molecular weight is 816 g/mol. The summed E-state index contributed by atoms with van der Waals surface area (Å²) in [6.07, 6.45) is 8.11. The first-order valence-electron chi connectivity index (χ1n) is 15.4. The van der Waals surface area contributed by atoms with Crippen molar-refractivity contribution in [2.75, 3.05) is 0 Å². The standard InChI is InChI=1S/C18H12ClN3OS.C16H7ClF3N3O4S2/c19-11-3-5-12(6-4-11)22-9-21-15-14-13(10-1-2-10)7-8-20-17(14)24-16(15)18(22)23;17-8-1-3-9(4-2-8)23-7-22-12-11-10(27-29(25,26)16(18,19)20)5-6-21-14(11)28-13(12)15(23)24/h3-10H,1-2H2;1-7H. The molecule has 53 heavy (non-hydrogen) atoms. The Labute approximate surface area is 313 Å². The second-order valence-electron chi connectivity index (χ2n) is 11.7. The minimum atomic E-state index is -5.90. The lowest BCUT2D eigenvalue weighted by Gasteiger charge is -2.10. The van der Waals surface area contributed by atoms with Gasteiger partial charge < -0.3 is 4.18 Å². The first-order valence-corrected chi connectivity index (χ1v) is 19.2. The molecule has 0 bridgehead atoms. The van der Waals surface area contributed by atoms with Gasteiger partial charge in [0, 0.05) is 33.9 Å². The SMILES string of the molecule is O=c1c2sc3nccc(C4CC4)c3c2ncn1-c1ccc(Cl)cc1.O=c1c2sc3nccc(OS(=O)(=O)C(F)(F)F)c3c2ncn1-c1ccc(Cl)cc1. The molecule has 6 aromatic heterocycles. The van der Waals surface area contributed by atoms with Crippen LogP contribution >= 0.6 is 45.9 Å². The molecule has 1 aliphatic carbocycles. The minimum absolute atomic E-state index is 0.0133. The number of benzene rings is 2. The zero-order valence-electron chi connectivity index (χ0n) is 26.4. The highest BCUT2D eigenvalue weighted by atomic mass is 35.5. The third-order valence-corrected chi connectivity index (χ3v) is 11.9. The van der Waals surface area contributed by atoms with Gasteiger partial charge in [0.25, 0.3) is 11.1 Å². The van der Waals surface area contributed by atoms with Crippen molar-refractivity contribution in [2.24, 2.45) is 0 Å². The van der Waals surface area contributed by atoms with Gasteiger partial charge in [0.15, 0.2) is 5.75 Å². The maximum absolute atomic E-state index is 13.0. The number of halogens is 5. The van der Waals surface area contributed by atoms with Crippen LogP contribution in [0.15, 0.2) is 95.3 Å². The van der Waals surface area contributed by atoms with Crippen LogP contribution in [0.25, 0.3) is 52.2 Å². The van der Waals surface area contributed by atoms with Gasteiger partial charge in [-0.05, 0) is 78.9 Å². The van der Waals surface area contributed by atoms with Gasteiger partial charge in [0.1, 0.15) is 37.2 Å². The lowest BCUT2D eigenvalue weighted by atomic mass is 10.1. The summed E-state index contributed by atoms with van der Waals surface area (Å²) in [7, 11) is -5.90. The van der Waals surface area contributed by atoms with E-state index in [1.807, 2.05) is 18.3 Å². The fraction of sp³-hybridized carbons (Fsp3) is 0.118. The molecule has 11 nitrogen and oxygen atoms in total. The van der Waals surface area contributed by atoms with E-state index in [-0.39, 0.29) is 26.0 Å². The molecule has 0 spiro atoms. The third kappa shape index (κ3) is 6.41. The molecular formula is C34H19Cl2F3N6O5S3. The maximum Gasteiger partial charge on any atom is 0.534 e. The Morgan fingerprint density at radius 2 is 1.17 bits per heavy atom. The predicted octanol–water partition coefficient (Wildman–Crippen LogP) is 8.40. The van der Waals surface area contributed by atoms with Crippen molar-refractivity contribution in [1.82, 2.24) is 29.1 Å². The molecular weight excluding hydrogens is 797 g/mol. The van der Waals surface area contributed by atoms with E-state index in [1.54, 1.807) is 47.3 Å². The number of fused-ring (bicyclic) bond motifs is 6. The van der Waals surface area contributed by atoms with Crippen LogP contribution < -0.4 is 15.3 Å². The van der Waals surface area contributed by atoms with Gasteiger partial charge in [-0.25, -0.2) is 19.9 Å². The molecule has 19 heteroatoms. The third-order valence-electron chi connectivity index (χ3n) is 8.27. The van der Waals surface area contributed by atoms with Crippen molar-refractivity contribution in [1.29, 1.82) is 0 Å². The smallest absolute Gasteiger partial charge is 0.375 e. The van der Waals surface area contributed by atoms with Crippen molar-refractivity contribution in [3.63, 3.8) is 0 Å². The summed E-state index contributed by atoms with van der Waals surface area (Å²) in [6, 6.07) is 16.5. The van der Waals surface area contributed by atoms with Crippen molar-refractivity contribution < 1.29 is 25.8 Å². The highest BCUT2D eigenvalue weighted by molar-refractivity contribution is 7.88. The van der Waals surface area contributed by atoms with Gasteiger partial charge in [0.05, 0.1) is 22.3 Å². The number of nitrogens with zero attached hydrogens (tertiary/aromatic N) is 6. The van der Waals surface area contributed by atoms with E-state index < -0.39 is 26.9 Å². The van der Waals surface area contributed by atoms with E-state index in [1.165, 1.54) is 40.6 Å². The fourth-order valence-electron chi connectivity index (χ4n) is 5.64. The molecule has 9 rings (SSSR count). The summed E-state index contributed by atoms with van der Waals surface area (Å²) in [4.78, 5) is 44.0. The van der Waals surface area contributed by atoms with E-state index in [9.17, 15) is 31.2 Å². The molecule has 2 aromatic carbocycles. The molecule has 0 radical (unpaired) electrons. The second-order valence-corrected chi connectivity index (χ2v) is 16.1. The van der Waals surface area contributed by atoms with Crippen molar-refractivity contribution in [2.45, 2.75) is 24.3 Å². The van der Waals surface area contributed by atoms with Gasteiger partial charge in [-0.2, -0.15) is 21.6 Å². The van der Waals surface area contributed by atoms with Crippen LogP contribution in [0.4, 0.5) is 13.2 Å². The molecule has 0 amide bonds. The molecule has 8 aromatic rings.